The fraction of sp³-hybridized carbons (Fsp3) is 0.400. The Morgan fingerprint density at radius 2 is 1.86 bits per heavy atom. The second-order valence-corrected chi connectivity index (χ2v) is 8.20. The topological polar surface area (TPSA) is 72.2 Å². The second kappa shape index (κ2) is 7.57. The fourth-order valence-corrected chi connectivity index (χ4v) is 4.87. The predicted molar refractivity (Wildman–Crippen MR) is 116 cm³/mol. The molecular formula is C20H23N7OS. The molecule has 0 bridgehead atoms. The van der Waals surface area contributed by atoms with Crippen LogP contribution in [0.15, 0.2) is 30.9 Å². The highest BCUT2D eigenvalue weighted by Gasteiger charge is 2.23. The molecule has 0 saturated carbocycles. The van der Waals surface area contributed by atoms with Gasteiger partial charge in [-0.3, -0.25) is 0 Å². The highest BCUT2D eigenvalue weighted by atomic mass is 32.1. The van der Waals surface area contributed by atoms with Crippen LogP contribution in [-0.4, -0.2) is 64.4 Å². The third kappa shape index (κ3) is 3.30. The van der Waals surface area contributed by atoms with Crippen LogP contribution in [-0.2, 0) is 11.3 Å². The van der Waals surface area contributed by atoms with E-state index in [0.29, 0.717) is 6.61 Å². The van der Waals surface area contributed by atoms with E-state index in [-0.39, 0.29) is 0 Å². The molecule has 1 saturated heterocycles. The molecule has 1 aliphatic heterocycles. The van der Waals surface area contributed by atoms with Gasteiger partial charge in [0.2, 0.25) is 0 Å². The minimum atomic E-state index is 0.630. The van der Waals surface area contributed by atoms with Gasteiger partial charge in [-0.05, 0) is 18.6 Å². The van der Waals surface area contributed by atoms with Crippen molar-refractivity contribution in [1.82, 2.24) is 24.5 Å². The van der Waals surface area contributed by atoms with Crippen molar-refractivity contribution in [2.45, 2.75) is 13.5 Å². The Labute approximate surface area is 172 Å². The van der Waals surface area contributed by atoms with Crippen LogP contribution in [0.1, 0.15) is 5.56 Å². The van der Waals surface area contributed by atoms with E-state index in [2.05, 4.69) is 49.9 Å². The van der Waals surface area contributed by atoms with Crippen molar-refractivity contribution in [3.63, 3.8) is 0 Å². The summed E-state index contributed by atoms with van der Waals surface area (Å²) in [6.07, 6.45) is 3.45. The van der Waals surface area contributed by atoms with Crippen molar-refractivity contribution in [3.05, 3.63) is 36.4 Å². The van der Waals surface area contributed by atoms with Crippen molar-refractivity contribution in [2.24, 2.45) is 0 Å². The van der Waals surface area contributed by atoms with Gasteiger partial charge in [0.15, 0.2) is 22.1 Å². The lowest BCUT2D eigenvalue weighted by Crippen LogP contribution is -2.46. The van der Waals surface area contributed by atoms with Gasteiger partial charge in [-0.25, -0.2) is 19.9 Å². The number of ether oxygens (including phenoxy) is 1. The highest BCUT2D eigenvalue weighted by molar-refractivity contribution is 7.22. The Bertz CT molecular complexity index is 1150. The minimum absolute atomic E-state index is 0.630. The van der Waals surface area contributed by atoms with E-state index in [1.54, 1.807) is 24.8 Å². The molecule has 0 aliphatic carbocycles. The number of fused-ring (bicyclic) bond motifs is 2. The first-order valence-corrected chi connectivity index (χ1v) is 10.6. The van der Waals surface area contributed by atoms with Crippen LogP contribution in [0.5, 0.6) is 0 Å². The van der Waals surface area contributed by atoms with E-state index in [1.165, 1.54) is 10.3 Å². The van der Waals surface area contributed by atoms with Crippen LogP contribution < -0.4 is 9.80 Å². The monoisotopic (exact) mass is 409 g/mol. The first-order valence-electron chi connectivity index (χ1n) is 9.75. The summed E-state index contributed by atoms with van der Waals surface area (Å²) < 4.78 is 8.45. The zero-order valence-electron chi connectivity index (χ0n) is 16.6. The molecule has 4 heterocycles. The quantitative estimate of drug-likeness (QED) is 0.502. The Kier molecular flexibility index (Phi) is 4.76. The van der Waals surface area contributed by atoms with Gasteiger partial charge in [0, 0.05) is 39.8 Å². The molecule has 0 N–H and O–H groups in total. The van der Waals surface area contributed by atoms with Crippen molar-refractivity contribution in [1.29, 1.82) is 0 Å². The van der Waals surface area contributed by atoms with Gasteiger partial charge < -0.3 is 19.1 Å². The third-order valence-corrected chi connectivity index (χ3v) is 6.46. The molecular weight excluding hydrogens is 386 g/mol. The fourth-order valence-electron chi connectivity index (χ4n) is 3.77. The first-order chi connectivity index (χ1) is 14.2. The summed E-state index contributed by atoms with van der Waals surface area (Å²) in [5.74, 6) is 0.908. The Morgan fingerprint density at radius 1 is 1.03 bits per heavy atom. The standard InChI is InChI=1S/C20H23N7OS/c1-14-4-3-5-15-16(14)24-20(29-15)26-8-6-25(7-9-26)18-17-19(22-12-21-18)27(13-23-17)10-11-28-2/h3-5,12-13H,6-11H2,1-2H3. The van der Waals surface area contributed by atoms with Crippen LogP contribution in [0.25, 0.3) is 21.4 Å². The van der Waals surface area contributed by atoms with E-state index >= 15 is 0 Å². The van der Waals surface area contributed by atoms with Gasteiger partial charge in [-0.15, -0.1) is 0 Å². The van der Waals surface area contributed by atoms with Gasteiger partial charge in [0.25, 0.3) is 0 Å². The summed E-state index contributed by atoms with van der Waals surface area (Å²) in [5, 5.41) is 1.10. The van der Waals surface area contributed by atoms with Gasteiger partial charge in [-0.1, -0.05) is 23.5 Å². The SMILES string of the molecule is COCCn1cnc2c(N3CCN(c4nc5c(C)cccc5s4)CC3)ncnc21. The van der Waals surface area contributed by atoms with Crippen LogP contribution in [0, 0.1) is 6.92 Å². The van der Waals surface area contributed by atoms with Crippen LogP contribution in [0.3, 0.4) is 0 Å². The van der Waals surface area contributed by atoms with Crippen molar-refractivity contribution in [3.8, 4) is 0 Å². The molecule has 0 unspecified atom stereocenters. The minimum Gasteiger partial charge on any atom is -0.383 e. The number of hydrogen-bond acceptors (Lipinski definition) is 8. The van der Waals surface area contributed by atoms with Crippen LogP contribution >= 0.6 is 11.3 Å². The van der Waals surface area contributed by atoms with Gasteiger partial charge in [-0.2, -0.15) is 0 Å². The summed E-state index contributed by atoms with van der Waals surface area (Å²) in [7, 11) is 1.70. The molecule has 5 rings (SSSR count). The Hall–Kier alpha value is -2.78. The normalized spacial score (nSPS) is 15.0. The van der Waals surface area contributed by atoms with Crippen molar-refractivity contribution in [2.75, 3.05) is 49.7 Å². The summed E-state index contributed by atoms with van der Waals surface area (Å²) in [5.41, 5.74) is 4.06. The van der Waals surface area contributed by atoms with E-state index < -0.39 is 0 Å². The molecule has 1 fully saturated rings. The lowest BCUT2D eigenvalue weighted by atomic mass is 10.2. The highest BCUT2D eigenvalue weighted by Crippen LogP contribution is 2.31. The number of benzene rings is 1. The van der Waals surface area contributed by atoms with Gasteiger partial charge in [0.1, 0.15) is 6.33 Å². The molecule has 8 nitrogen and oxygen atoms in total. The second-order valence-electron chi connectivity index (χ2n) is 7.19. The number of nitrogens with zero attached hydrogens (tertiary/aromatic N) is 7. The number of para-hydroxylation sites is 1. The zero-order chi connectivity index (χ0) is 19.8. The summed E-state index contributed by atoms with van der Waals surface area (Å²) >= 11 is 1.77. The predicted octanol–water partition coefficient (Wildman–Crippen LogP) is 2.72. The first kappa shape index (κ1) is 18.3. The lowest BCUT2D eigenvalue weighted by Gasteiger charge is -2.35. The number of hydrogen-bond donors (Lipinski definition) is 0. The molecule has 3 aromatic heterocycles. The molecule has 29 heavy (non-hydrogen) atoms. The maximum absolute atomic E-state index is 5.18. The third-order valence-electron chi connectivity index (χ3n) is 5.38. The number of methoxy groups -OCH3 is 1. The molecule has 0 amide bonds. The largest absolute Gasteiger partial charge is 0.383 e. The van der Waals surface area contributed by atoms with Crippen molar-refractivity contribution < 1.29 is 4.74 Å². The lowest BCUT2D eigenvalue weighted by molar-refractivity contribution is 0.188. The average Bonchev–Trinajstić information content (AvgIpc) is 3.37. The number of imidazole rings is 1. The zero-order valence-corrected chi connectivity index (χ0v) is 17.4. The Morgan fingerprint density at radius 3 is 2.66 bits per heavy atom. The molecule has 9 heteroatoms. The number of piperazine rings is 1. The maximum Gasteiger partial charge on any atom is 0.186 e. The Balaban J connectivity index is 1.35. The number of thiazole rings is 1. The molecule has 1 aromatic carbocycles. The molecule has 150 valence electrons. The summed E-state index contributed by atoms with van der Waals surface area (Å²) in [6, 6.07) is 6.37. The molecule has 0 atom stereocenters. The molecule has 0 spiro atoms. The number of aromatic nitrogens is 5. The van der Waals surface area contributed by atoms with E-state index in [9.17, 15) is 0 Å². The van der Waals surface area contributed by atoms with Gasteiger partial charge >= 0.3 is 0 Å². The van der Waals surface area contributed by atoms with E-state index in [1.807, 2.05) is 10.9 Å². The number of rotatable bonds is 5. The maximum atomic E-state index is 5.18. The summed E-state index contributed by atoms with van der Waals surface area (Å²) in [6.45, 7) is 7.07. The number of anilines is 2. The molecule has 0 radical (unpaired) electrons. The van der Waals surface area contributed by atoms with E-state index in [4.69, 9.17) is 9.72 Å². The molecule has 4 aromatic rings. The average molecular weight is 410 g/mol. The van der Waals surface area contributed by atoms with Gasteiger partial charge in [0.05, 0.1) is 23.2 Å². The van der Waals surface area contributed by atoms with Crippen LogP contribution in [0.4, 0.5) is 10.9 Å². The van der Waals surface area contributed by atoms with Crippen LogP contribution in [0.2, 0.25) is 0 Å². The summed E-state index contributed by atoms with van der Waals surface area (Å²) in [4.78, 5) is 23.1. The molecule has 1 aliphatic rings. The smallest absolute Gasteiger partial charge is 0.186 e. The van der Waals surface area contributed by atoms with E-state index in [0.717, 1.165) is 60.4 Å². The van der Waals surface area contributed by atoms with Crippen molar-refractivity contribution >= 4 is 43.7 Å². The number of aryl methyl sites for hydroxylation is 1.